The first-order valence-electron chi connectivity index (χ1n) is 3.17. The lowest BCUT2D eigenvalue weighted by Crippen LogP contribution is -1.91. The molecule has 0 aliphatic carbocycles. The van der Waals surface area contributed by atoms with E-state index >= 15 is 0 Å². The van der Waals surface area contributed by atoms with Gasteiger partial charge in [-0.3, -0.25) is 0 Å². The zero-order valence-corrected chi connectivity index (χ0v) is 10.4. The highest BCUT2D eigenvalue weighted by molar-refractivity contribution is 9.10. The molecule has 1 unspecified atom stereocenters. The summed E-state index contributed by atoms with van der Waals surface area (Å²) in [6.07, 6.45) is 0. The molecule has 0 saturated heterocycles. The third kappa shape index (κ3) is 2.59. The van der Waals surface area contributed by atoms with Crippen molar-refractivity contribution in [3.8, 4) is 5.75 Å². The van der Waals surface area contributed by atoms with Gasteiger partial charge in [0.25, 0.3) is 0 Å². The Morgan fingerprint density at radius 1 is 1.54 bits per heavy atom. The van der Waals surface area contributed by atoms with Crippen LogP contribution < -0.4 is 4.74 Å². The van der Waals surface area contributed by atoms with Crippen molar-refractivity contribution in [3.63, 3.8) is 0 Å². The number of halogens is 3. The predicted molar refractivity (Wildman–Crippen MR) is 58.0 cm³/mol. The molecular weight excluding hydrogens is 299 g/mol. The van der Waals surface area contributed by atoms with Gasteiger partial charge in [-0.05, 0) is 32.7 Å². The van der Waals surface area contributed by atoms with Gasteiger partial charge in [0.2, 0.25) is 0 Å². The number of ether oxygens (including phenoxy) is 1. The van der Waals surface area contributed by atoms with Crippen molar-refractivity contribution in [1.82, 2.24) is 0 Å². The van der Waals surface area contributed by atoms with E-state index in [2.05, 4.69) is 15.9 Å². The number of rotatable bonds is 2. The summed E-state index contributed by atoms with van der Waals surface area (Å²) in [5.41, 5.74) is 0. The van der Waals surface area contributed by atoms with Gasteiger partial charge in [0.15, 0.2) is 10.0 Å². The first kappa shape index (κ1) is 11.3. The fourth-order valence-corrected chi connectivity index (χ4v) is 2.32. The van der Waals surface area contributed by atoms with Crippen molar-refractivity contribution in [3.05, 3.63) is 21.6 Å². The lowest BCUT2D eigenvalue weighted by Gasteiger charge is -2.06. The molecule has 0 heterocycles. The molecule has 0 fully saturated rings. The average molecular weight is 304 g/mol. The quantitative estimate of drug-likeness (QED) is 0.783. The minimum atomic E-state index is -1.60. The van der Waals surface area contributed by atoms with Crippen LogP contribution in [0.1, 0.15) is 0 Å². The Morgan fingerprint density at radius 3 is 2.62 bits per heavy atom. The summed E-state index contributed by atoms with van der Waals surface area (Å²) in [5.74, 6) is 0.418. The summed E-state index contributed by atoms with van der Waals surface area (Å²) in [6, 6.07) is 3.13. The zero-order chi connectivity index (χ0) is 10.0. The van der Waals surface area contributed by atoms with Crippen LogP contribution >= 0.6 is 38.2 Å². The standard InChI is InChI=1S/C7H5BrCl2O2S/c1-12-6-3-5(9)4(8)2-7(6)13(10)11/h2-3H,1H3. The van der Waals surface area contributed by atoms with E-state index < -0.39 is 10.0 Å². The van der Waals surface area contributed by atoms with Crippen LogP contribution in [0.4, 0.5) is 0 Å². The zero-order valence-electron chi connectivity index (χ0n) is 6.51. The van der Waals surface area contributed by atoms with Gasteiger partial charge in [0.05, 0.1) is 17.0 Å². The van der Waals surface area contributed by atoms with Crippen molar-refractivity contribution in [2.24, 2.45) is 0 Å². The molecular formula is C7H5BrCl2O2S. The molecule has 1 aromatic carbocycles. The predicted octanol–water partition coefficient (Wildman–Crippen LogP) is 3.37. The lowest BCUT2D eigenvalue weighted by atomic mass is 10.3. The van der Waals surface area contributed by atoms with Crippen LogP contribution in [0.25, 0.3) is 0 Å². The molecule has 1 aromatic rings. The fourth-order valence-electron chi connectivity index (χ4n) is 0.795. The summed E-state index contributed by atoms with van der Waals surface area (Å²) in [4.78, 5) is 0.403. The van der Waals surface area contributed by atoms with E-state index in [0.29, 0.717) is 20.1 Å². The van der Waals surface area contributed by atoms with Crippen LogP contribution in [0.15, 0.2) is 21.5 Å². The van der Waals surface area contributed by atoms with Gasteiger partial charge in [-0.1, -0.05) is 11.6 Å². The molecule has 0 N–H and O–H groups in total. The Kier molecular flexibility index (Phi) is 4.04. The number of methoxy groups -OCH3 is 1. The van der Waals surface area contributed by atoms with E-state index in [1.807, 2.05) is 0 Å². The first-order chi connectivity index (χ1) is 6.06. The highest BCUT2D eigenvalue weighted by Gasteiger charge is 2.11. The molecule has 0 aliphatic rings. The molecule has 0 aromatic heterocycles. The second kappa shape index (κ2) is 4.64. The Hall–Kier alpha value is 0.230. The molecule has 0 bridgehead atoms. The molecule has 13 heavy (non-hydrogen) atoms. The second-order valence-corrected chi connectivity index (χ2v) is 5.13. The maximum absolute atomic E-state index is 11.0. The summed E-state index contributed by atoms with van der Waals surface area (Å²) in [5, 5.41) is 0.489. The number of hydrogen-bond acceptors (Lipinski definition) is 2. The first-order valence-corrected chi connectivity index (χ1v) is 6.32. The normalized spacial score (nSPS) is 12.6. The number of benzene rings is 1. The van der Waals surface area contributed by atoms with E-state index in [4.69, 9.17) is 27.0 Å². The summed E-state index contributed by atoms with van der Waals surface area (Å²) < 4.78 is 16.6. The molecule has 0 spiro atoms. The van der Waals surface area contributed by atoms with Gasteiger partial charge < -0.3 is 4.74 Å². The molecule has 2 nitrogen and oxygen atoms in total. The topological polar surface area (TPSA) is 26.3 Å². The molecule has 0 radical (unpaired) electrons. The molecule has 0 aliphatic heterocycles. The van der Waals surface area contributed by atoms with Gasteiger partial charge in [0, 0.05) is 10.5 Å². The van der Waals surface area contributed by atoms with Gasteiger partial charge in [-0.25, -0.2) is 4.21 Å². The van der Waals surface area contributed by atoms with Gasteiger partial charge in [-0.2, -0.15) is 0 Å². The largest absolute Gasteiger partial charge is 0.495 e. The van der Waals surface area contributed by atoms with Crippen LogP contribution in [-0.2, 0) is 10.0 Å². The average Bonchev–Trinajstić information content (AvgIpc) is 2.08. The smallest absolute Gasteiger partial charge is 0.151 e. The van der Waals surface area contributed by atoms with Gasteiger partial charge in [0.1, 0.15) is 5.75 Å². The summed E-state index contributed by atoms with van der Waals surface area (Å²) >= 11 is 9.00. The van der Waals surface area contributed by atoms with Crippen molar-refractivity contribution in [2.45, 2.75) is 4.90 Å². The SMILES string of the molecule is COc1cc(Cl)c(Br)cc1S(=O)Cl. The molecule has 1 atom stereocenters. The minimum Gasteiger partial charge on any atom is -0.495 e. The molecule has 0 amide bonds. The van der Waals surface area contributed by atoms with Crippen LogP contribution in [0.3, 0.4) is 0 Å². The van der Waals surface area contributed by atoms with Crippen LogP contribution in [-0.4, -0.2) is 11.3 Å². The number of hydrogen-bond donors (Lipinski definition) is 0. The highest BCUT2D eigenvalue weighted by atomic mass is 79.9. The van der Waals surface area contributed by atoms with Crippen molar-refractivity contribution in [2.75, 3.05) is 7.11 Å². The fraction of sp³-hybridized carbons (Fsp3) is 0.143. The van der Waals surface area contributed by atoms with Gasteiger partial charge in [-0.15, -0.1) is 0 Å². The maximum atomic E-state index is 11.0. The van der Waals surface area contributed by atoms with E-state index in [-0.39, 0.29) is 0 Å². The maximum Gasteiger partial charge on any atom is 0.151 e. The van der Waals surface area contributed by atoms with Crippen LogP contribution in [0, 0.1) is 0 Å². The Balaban J connectivity index is 3.33. The second-order valence-electron chi connectivity index (χ2n) is 2.14. The van der Waals surface area contributed by atoms with Gasteiger partial charge >= 0.3 is 0 Å². The van der Waals surface area contributed by atoms with E-state index in [1.165, 1.54) is 7.11 Å². The van der Waals surface area contributed by atoms with Crippen molar-refractivity contribution < 1.29 is 8.95 Å². The van der Waals surface area contributed by atoms with Crippen molar-refractivity contribution in [1.29, 1.82) is 0 Å². The molecule has 1 rings (SSSR count). The lowest BCUT2D eigenvalue weighted by molar-refractivity contribution is 0.404. The van der Waals surface area contributed by atoms with Crippen LogP contribution in [0.2, 0.25) is 5.02 Å². The van der Waals surface area contributed by atoms with E-state index in [0.717, 1.165) is 0 Å². The Labute approximate surface area is 96.3 Å². The summed E-state index contributed by atoms with van der Waals surface area (Å²) in [6.45, 7) is 0. The third-order valence-electron chi connectivity index (χ3n) is 1.38. The van der Waals surface area contributed by atoms with E-state index in [1.54, 1.807) is 12.1 Å². The van der Waals surface area contributed by atoms with E-state index in [9.17, 15) is 4.21 Å². The Morgan fingerprint density at radius 2 is 2.15 bits per heavy atom. The highest BCUT2D eigenvalue weighted by Crippen LogP contribution is 2.33. The third-order valence-corrected chi connectivity index (χ3v) is 3.74. The Bertz CT molecular complexity index is 357. The molecule has 0 saturated carbocycles. The monoisotopic (exact) mass is 302 g/mol. The summed E-state index contributed by atoms with van der Waals surface area (Å²) in [7, 11) is 5.30. The molecule has 72 valence electrons. The minimum absolute atomic E-state index is 0.403. The van der Waals surface area contributed by atoms with Crippen LogP contribution in [0.5, 0.6) is 5.75 Å². The molecule has 6 heteroatoms. The van der Waals surface area contributed by atoms with Crippen molar-refractivity contribution >= 4 is 48.2 Å².